The molecule has 0 atom stereocenters. The van der Waals surface area contributed by atoms with Crippen molar-refractivity contribution < 1.29 is 18.4 Å². The Labute approximate surface area is 109 Å². The summed E-state index contributed by atoms with van der Waals surface area (Å²) in [5, 5.41) is 6.22. The average Bonchev–Trinajstić information content (AvgIpc) is 2.77. The second-order valence-corrected chi connectivity index (χ2v) is 3.92. The predicted octanol–water partition coefficient (Wildman–Crippen LogP) is 2.53. The first-order valence-electron chi connectivity index (χ1n) is 5.75. The standard InChI is InChI=1S/C13H13FN2O3/c1-9-8-12(16-19-9)15-13(17)6-7-18-11-4-2-10(14)3-5-11/h2-5,8H,6-7H2,1H3,(H,15,16,17). The molecule has 1 heterocycles. The fourth-order valence-corrected chi connectivity index (χ4v) is 1.42. The summed E-state index contributed by atoms with van der Waals surface area (Å²) in [5.41, 5.74) is 0. The quantitative estimate of drug-likeness (QED) is 0.901. The summed E-state index contributed by atoms with van der Waals surface area (Å²) in [7, 11) is 0. The van der Waals surface area contributed by atoms with Crippen molar-refractivity contribution in [3.05, 3.63) is 41.9 Å². The molecule has 0 radical (unpaired) electrons. The Bertz CT molecular complexity index is 551. The van der Waals surface area contributed by atoms with Gasteiger partial charge in [-0.2, -0.15) is 0 Å². The highest BCUT2D eigenvalue weighted by Gasteiger charge is 2.06. The highest BCUT2D eigenvalue weighted by Crippen LogP contribution is 2.11. The number of carbonyl (C=O) groups is 1. The molecule has 19 heavy (non-hydrogen) atoms. The molecule has 0 bridgehead atoms. The van der Waals surface area contributed by atoms with E-state index in [0.29, 0.717) is 17.3 Å². The van der Waals surface area contributed by atoms with Crippen LogP contribution in [-0.4, -0.2) is 17.7 Å². The Kier molecular flexibility index (Phi) is 4.12. The number of nitrogens with one attached hydrogen (secondary N) is 1. The molecule has 0 fully saturated rings. The van der Waals surface area contributed by atoms with Crippen LogP contribution < -0.4 is 10.1 Å². The highest BCUT2D eigenvalue weighted by atomic mass is 19.1. The smallest absolute Gasteiger partial charge is 0.229 e. The topological polar surface area (TPSA) is 64.4 Å². The normalized spacial score (nSPS) is 10.2. The fraction of sp³-hybridized carbons (Fsp3) is 0.231. The van der Waals surface area contributed by atoms with Crippen LogP contribution in [0.5, 0.6) is 5.75 Å². The van der Waals surface area contributed by atoms with Crippen molar-refractivity contribution in [2.75, 3.05) is 11.9 Å². The zero-order valence-corrected chi connectivity index (χ0v) is 10.4. The van der Waals surface area contributed by atoms with E-state index in [1.807, 2.05) is 0 Å². The molecule has 0 aliphatic heterocycles. The number of ether oxygens (including phenoxy) is 1. The van der Waals surface area contributed by atoms with Gasteiger partial charge in [-0.3, -0.25) is 4.79 Å². The van der Waals surface area contributed by atoms with Gasteiger partial charge in [-0.1, -0.05) is 5.16 Å². The molecule has 1 aromatic heterocycles. The van der Waals surface area contributed by atoms with E-state index in [-0.39, 0.29) is 24.8 Å². The van der Waals surface area contributed by atoms with Crippen molar-refractivity contribution in [2.24, 2.45) is 0 Å². The minimum absolute atomic E-state index is 0.170. The maximum atomic E-state index is 12.6. The Morgan fingerprint density at radius 3 is 2.79 bits per heavy atom. The van der Waals surface area contributed by atoms with Gasteiger partial charge in [-0.25, -0.2) is 4.39 Å². The van der Waals surface area contributed by atoms with Gasteiger partial charge >= 0.3 is 0 Å². The van der Waals surface area contributed by atoms with Crippen molar-refractivity contribution in [3.8, 4) is 5.75 Å². The fourth-order valence-electron chi connectivity index (χ4n) is 1.42. The zero-order valence-electron chi connectivity index (χ0n) is 10.4. The Hall–Kier alpha value is -2.37. The van der Waals surface area contributed by atoms with Gasteiger partial charge < -0.3 is 14.6 Å². The Morgan fingerprint density at radius 1 is 1.42 bits per heavy atom. The molecule has 100 valence electrons. The highest BCUT2D eigenvalue weighted by molar-refractivity contribution is 5.89. The molecule has 0 unspecified atom stereocenters. The van der Waals surface area contributed by atoms with E-state index in [1.54, 1.807) is 13.0 Å². The van der Waals surface area contributed by atoms with E-state index in [0.717, 1.165) is 0 Å². The number of nitrogens with zero attached hydrogens (tertiary/aromatic N) is 1. The molecule has 5 nitrogen and oxygen atoms in total. The van der Waals surface area contributed by atoms with Crippen molar-refractivity contribution >= 4 is 11.7 Å². The SMILES string of the molecule is Cc1cc(NC(=O)CCOc2ccc(F)cc2)no1. The van der Waals surface area contributed by atoms with Gasteiger partial charge in [0.25, 0.3) is 0 Å². The van der Waals surface area contributed by atoms with Crippen molar-refractivity contribution in [2.45, 2.75) is 13.3 Å². The van der Waals surface area contributed by atoms with Crippen LogP contribution in [0.4, 0.5) is 10.2 Å². The zero-order chi connectivity index (χ0) is 13.7. The van der Waals surface area contributed by atoms with Crippen LogP contribution in [0, 0.1) is 12.7 Å². The summed E-state index contributed by atoms with van der Waals surface area (Å²) in [5.74, 6) is 0.968. The molecule has 0 aliphatic rings. The molecule has 0 saturated carbocycles. The number of halogens is 1. The first-order chi connectivity index (χ1) is 9.13. The monoisotopic (exact) mass is 264 g/mol. The van der Waals surface area contributed by atoms with E-state index in [1.165, 1.54) is 24.3 Å². The minimum atomic E-state index is -0.327. The van der Waals surface area contributed by atoms with Crippen LogP contribution >= 0.6 is 0 Å². The molecule has 0 saturated heterocycles. The van der Waals surface area contributed by atoms with Crippen LogP contribution in [-0.2, 0) is 4.79 Å². The summed E-state index contributed by atoms with van der Waals surface area (Å²) < 4.78 is 22.8. The average molecular weight is 264 g/mol. The van der Waals surface area contributed by atoms with E-state index in [4.69, 9.17) is 9.26 Å². The first-order valence-corrected chi connectivity index (χ1v) is 5.75. The molecular weight excluding hydrogens is 251 g/mol. The van der Waals surface area contributed by atoms with Crippen LogP contribution in [0.15, 0.2) is 34.9 Å². The van der Waals surface area contributed by atoms with Gasteiger partial charge in [-0.05, 0) is 31.2 Å². The first kappa shape index (κ1) is 13.1. The number of aromatic nitrogens is 1. The molecule has 0 spiro atoms. The second kappa shape index (κ2) is 5.99. The number of benzene rings is 1. The maximum Gasteiger partial charge on any atom is 0.229 e. The number of hydrogen-bond donors (Lipinski definition) is 1. The van der Waals surface area contributed by atoms with E-state index >= 15 is 0 Å². The predicted molar refractivity (Wildman–Crippen MR) is 66.4 cm³/mol. The van der Waals surface area contributed by atoms with E-state index < -0.39 is 0 Å². The van der Waals surface area contributed by atoms with Gasteiger partial charge in [-0.15, -0.1) is 0 Å². The van der Waals surface area contributed by atoms with Crippen molar-refractivity contribution in [3.63, 3.8) is 0 Å². The maximum absolute atomic E-state index is 12.6. The number of carbonyl (C=O) groups excluding carboxylic acids is 1. The lowest BCUT2D eigenvalue weighted by atomic mass is 10.3. The number of amides is 1. The number of hydrogen-bond acceptors (Lipinski definition) is 4. The molecule has 1 amide bonds. The van der Waals surface area contributed by atoms with Gasteiger partial charge in [0, 0.05) is 6.07 Å². The van der Waals surface area contributed by atoms with Gasteiger partial charge in [0.2, 0.25) is 5.91 Å². The summed E-state index contributed by atoms with van der Waals surface area (Å²) in [6, 6.07) is 7.24. The van der Waals surface area contributed by atoms with E-state index in [9.17, 15) is 9.18 Å². The van der Waals surface area contributed by atoms with Crippen LogP contribution in [0.1, 0.15) is 12.2 Å². The molecule has 6 heteroatoms. The van der Waals surface area contributed by atoms with Crippen LogP contribution in [0.2, 0.25) is 0 Å². The van der Waals surface area contributed by atoms with Gasteiger partial charge in [0.1, 0.15) is 17.3 Å². The third-order valence-electron chi connectivity index (χ3n) is 2.31. The van der Waals surface area contributed by atoms with Gasteiger partial charge in [0.15, 0.2) is 5.82 Å². The summed E-state index contributed by atoms with van der Waals surface area (Å²) in [6.45, 7) is 1.94. The van der Waals surface area contributed by atoms with Crippen molar-refractivity contribution in [1.29, 1.82) is 0 Å². The number of aryl methyl sites for hydroxylation is 1. The molecule has 2 rings (SSSR count). The largest absolute Gasteiger partial charge is 0.493 e. The molecule has 2 aromatic rings. The Morgan fingerprint density at radius 2 is 2.16 bits per heavy atom. The lowest BCUT2D eigenvalue weighted by Gasteiger charge is -2.05. The summed E-state index contributed by atoms with van der Waals surface area (Å²) in [6.07, 6.45) is 0.170. The lowest BCUT2D eigenvalue weighted by molar-refractivity contribution is -0.116. The summed E-state index contributed by atoms with van der Waals surface area (Å²) >= 11 is 0. The molecule has 1 aromatic carbocycles. The minimum Gasteiger partial charge on any atom is -0.493 e. The molecular formula is C13H13FN2O3. The number of rotatable bonds is 5. The van der Waals surface area contributed by atoms with E-state index in [2.05, 4.69) is 10.5 Å². The molecule has 1 N–H and O–H groups in total. The van der Waals surface area contributed by atoms with Crippen LogP contribution in [0.3, 0.4) is 0 Å². The van der Waals surface area contributed by atoms with Crippen molar-refractivity contribution in [1.82, 2.24) is 5.16 Å². The second-order valence-electron chi connectivity index (χ2n) is 3.92. The number of anilines is 1. The van der Waals surface area contributed by atoms with Gasteiger partial charge in [0.05, 0.1) is 13.0 Å². The van der Waals surface area contributed by atoms with Crippen LogP contribution in [0.25, 0.3) is 0 Å². The summed E-state index contributed by atoms with van der Waals surface area (Å²) in [4.78, 5) is 11.5. The lowest BCUT2D eigenvalue weighted by Crippen LogP contribution is -2.15. The molecule has 0 aliphatic carbocycles. The third kappa shape index (κ3) is 4.09. The Balaban J connectivity index is 1.73. The third-order valence-corrected chi connectivity index (χ3v) is 2.31.